The average Bonchev–Trinajstić information content (AvgIpc) is 2.61. The van der Waals surface area contributed by atoms with E-state index in [1.54, 1.807) is 0 Å². The molecule has 1 aromatic heterocycles. The van der Waals surface area contributed by atoms with Crippen molar-refractivity contribution in [2.45, 2.75) is 18.9 Å². The molecule has 2 unspecified atom stereocenters. The number of piperidine rings is 1. The summed E-state index contributed by atoms with van der Waals surface area (Å²) < 4.78 is 4.05. The summed E-state index contributed by atoms with van der Waals surface area (Å²) in [7, 11) is 0. The van der Waals surface area contributed by atoms with Gasteiger partial charge in [-0.25, -0.2) is 4.37 Å². The molecular formula is C9H14N2OS. The van der Waals surface area contributed by atoms with Crippen molar-refractivity contribution in [3.05, 3.63) is 17.1 Å². The standard InChI is InChI=1S/C9H14N2OS/c12-9-2-3-10-6-7(9)5-8-1-4-11-13-8/h1,4,7,9-10,12H,2-3,5-6H2. The third-order valence-corrected chi connectivity index (χ3v) is 3.29. The molecule has 1 aliphatic rings. The molecule has 13 heavy (non-hydrogen) atoms. The van der Waals surface area contributed by atoms with Gasteiger partial charge >= 0.3 is 0 Å². The van der Waals surface area contributed by atoms with E-state index in [2.05, 4.69) is 9.69 Å². The highest BCUT2D eigenvalue weighted by Gasteiger charge is 2.23. The molecular weight excluding hydrogens is 184 g/mol. The fraction of sp³-hybridized carbons (Fsp3) is 0.667. The Kier molecular flexibility index (Phi) is 2.93. The van der Waals surface area contributed by atoms with Gasteiger partial charge in [0, 0.05) is 23.5 Å². The zero-order valence-corrected chi connectivity index (χ0v) is 8.26. The molecule has 0 radical (unpaired) electrons. The first-order chi connectivity index (χ1) is 6.36. The molecule has 1 aromatic rings. The van der Waals surface area contributed by atoms with Gasteiger partial charge in [-0.15, -0.1) is 0 Å². The maximum atomic E-state index is 9.71. The van der Waals surface area contributed by atoms with Gasteiger partial charge in [0.25, 0.3) is 0 Å². The van der Waals surface area contributed by atoms with Crippen molar-refractivity contribution in [3.63, 3.8) is 0 Å². The number of nitrogens with one attached hydrogen (secondary N) is 1. The molecule has 0 saturated carbocycles. The third kappa shape index (κ3) is 2.27. The molecule has 2 N–H and O–H groups in total. The molecule has 0 bridgehead atoms. The minimum absolute atomic E-state index is 0.136. The molecule has 1 saturated heterocycles. The number of hydrogen-bond donors (Lipinski definition) is 2. The summed E-state index contributed by atoms with van der Waals surface area (Å²) in [5, 5.41) is 13.0. The number of aliphatic hydroxyl groups excluding tert-OH is 1. The molecule has 0 spiro atoms. The van der Waals surface area contributed by atoms with Crippen molar-refractivity contribution in [1.29, 1.82) is 0 Å². The molecule has 1 fully saturated rings. The summed E-state index contributed by atoms with van der Waals surface area (Å²) in [4.78, 5) is 1.27. The normalized spacial score (nSPS) is 29.0. The highest BCUT2D eigenvalue weighted by atomic mass is 32.1. The van der Waals surface area contributed by atoms with Gasteiger partial charge < -0.3 is 10.4 Å². The first-order valence-corrected chi connectivity index (χ1v) is 5.42. The van der Waals surface area contributed by atoms with Gasteiger partial charge in [0.05, 0.1) is 6.10 Å². The van der Waals surface area contributed by atoms with Crippen molar-refractivity contribution in [2.75, 3.05) is 13.1 Å². The molecule has 72 valence electrons. The van der Waals surface area contributed by atoms with E-state index in [0.29, 0.717) is 5.92 Å². The molecule has 3 nitrogen and oxygen atoms in total. The van der Waals surface area contributed by atoms with Crippen LogP contribution < -0.4 is 5.32 Å². The highest BCUT2D eigenvalue weighted by molar-refractivity contribution is 7.05. The Balaban J connectivity index is 1.93. The molecule has 4 heteroatoms. The van der Waals surface area contributed by atoms with E-state index >= 15 is 0 Å². The quantitative estimate of drug-likeness (QED) is 0.733. The Morgan fingerprint density at radius 2 is 2.62 bits per heavy atom. The summed E-state index contributed by atoms with van der Waals surface area (Å²) in [5.74, 6) is 0.370. The van der Waals surface area contributed by atoms with Gasteiger partial charge in [-0.2, -0.15) is 0 Å². The lowest BCUT2D eigenvalue weighted by Crippen LogP contribution is -2.40. The topological polar surface area (TPSA) is 45.1 Å². The van der Waals surface area contributed by atoms with E-state index in [-0.39, 0.29) is 6.10 Å². The predicted molar refractivity (Wildman–Crippen MR) is 52.8 cm³/mol. The van der Waals surface area contributed by atoms with E-state index in [1.165, 1.54) is 16.4 Å². The van der Waals surface area contributed by atoms with Crippen LogP contribution in [0.4, 0.5) is 0 Å². The molecule has 2 atom stereocenters. The fourth-order valence-corrected chi connectivity index (χ4v) is 2.39. The Bertz CT molecular complexity index is 250. The second-order valence-corrected chi connectivity index (χ2v) is 4.42. The summed E-state index contributed by atoms with van der Waals surface area (Å²) in [6, 6.07) is 2.03. The monoisotopic (exact) mass is 198 g/mol. The minimum atomic E-state index is -0.136. The highest BCUT2D eigenvalue weighted by Crippen LogP contribution is 2.18. The molecule has 0 aromatic carbocycles. The van der Waals surface area contributed by atoms with Gasteiger partial charge in [0.2, 0.25) is 0 Å². The Morgan fingerprint density at radius 3 is 3.31 bits per heavy atom. The summed E-state index contributed by atoms with van der Waals surface area (Å²) in [5.41, 5.74) is 0. The van der Waals surface area contributed by atoms with E-state index in [9.17, 15) is 5.11 Å². The van der Waals surface area contributed by atoms with Gasteiger partial charge in [0.1, 0.15) is 0 Å². The SMILES string of the molecule is OC1CCNCC1Cc1ccns1. The minimum Gasteiger partial charge on any atom is -0.393 e. The largest absolute Gasteiger partial charge is 0.393 e. The first kappa shape index (κ1) is 9.12. The number of aromatic nitrogens is 1. The number of aliphatic hydroxyl groups is 1. The van der Waals surface area contributed by atoms with Crippen LogP contribution in [-0.2, 0) is 6.42 Å². The second-order valence-electron chi connectivity index (χ2n) is 3.50. The Morgan fingerprint density at radius 1 is 1.69 bits per heavy atom. The molecule has 0 aliphatic carbocycles. The Labute approximate surface area is 82.0 Å². The van der Waals surface area contributed by atoms with Crippen LogP contribution in [0.1, 0.15) is 11.3 Å². The molecule has 1 aliphatic heterocycles. The van der Waals surface area contributed by atoms with E-state index in [0.717, 1.165) is 25.9 Å². The van der Waals surface area contributed by atoms with Crippen molar-refractivity contribution in [3.8, 4) is 0 Å². The maximum absolute atomic E-state index is 9.71. The second kappa shape index (κ2) is 4.17. The van der Waals surface area contributed by atoms with Crippen LogP contribution in [0.2, 0.25) is 0 Å². The van der Waals surface area contributed by atoms with E-state index in [4.69, 9.17) is 0 Å². The third-order valence-electron chi connectivity index (χ3n) is 2.52. The fourth-order valence-electron chi connectivity index (χ4n) is 1.72. The summed E-state index contributed by atoms with van der Waals surface area (Å²) in [6.45, 7) is 1.87. The maximum Gasteiger partial charge on any atom is 0.0596 e. The lowest BCUT2D eigenvalue weighted by atomic mass is 9.92. The smallest absolute Gasteiger partial charge is 0.0596 e. The van der Waals surface area contributed by atoms with Crippen LogP contribution >= 0.6 is 11.5 Å². The van der Waals surface area contributed by atoms with Gasteiger partial charge in [0.15, 0.2) is 0 Å². The lowest BCUT2D eigenvalue weighted by molar-refractivity contribution is 0.0795. The van der Waals surface area contributed by atoms with Crippen LogP contribution in [-0.4, -0.2) is 28.7 Å². The van der Waals surface area contributed by atoms with Crippen LogP contribution in [0, 0.1) is 5.92 Å². The molecule has 2 rings (SSSR count). The van der Waals surface area contributed by atoms with Gasteiger partial charge in [-0.05, 0) is 37.0 Å². The van der Waals surface area contributed by atoms with Crippen LogP contribution in [0.5, 0.6) is 0 Å². The number of hydrogen-bond acceptors (Lipinski definition) is 4. The van der Waals surface area contributed by atoms with Gasteiger partial charge in [-0.1, -0.05) is 0 Å². The first-order valence-electron chi connectivity index (χ1n) is 4.64. The van der Waals surface area contributed by atoms with E-state index < -0.39 is 0 Å². The van der Waals surface area contributed by atoms with E-state index in [1.807, 2.05) is 12.3 Å². The predicted octanol–water partition coefficient (Wildman–Crippen LogP) is 0.656. The van der Waals surface area contributed by atoms with Crippen molar-refractivity contribution < 1.29 is 5.11 Å². The van der Waals surface area contributed by atoms with Gasteiger partial charge in [-0.3, -0.25) is 0 Å². The Hall–Kier alpha value is -0.450. The van der Waals surface area contributed by atoms with Crippen LogP contribution in [0.15, 0.2) is 12.3 Å². The summed E-state index contributed by atoms with van der Waals surface area (Å²) >= 11 is 1.53. The summed E-state index contributed by atoms with van der Waals surface area (Å²) in [6.07, 6.45) is 3.52. The zero-order valence-electron chi connectivity index (χ0n) is 7.44. The van der Waals surface area contributed by atoms with Crippen LogP contribution in [0.25, 0.3) is 0 Å². The zero-order chi connectivity index (χ0) is 9.10. The van der Waals surface area contributed by atoms with Crippen LogP contribution in [0.3, 0.4) is 0 Å². The number of nitrogens with zero attached hydrogens (tertiary/aromatic N) is 1. The van der Waals surface area contributed by atoms with Crippen molar-refractivity contribution in [1.82, 2.24) is 9.69 Å². The van der Waals surface area contributed by atoms with Crippen molar-refractivity contribution >= 4 is 11.5 Å². The molecule has 2 heterocycles. The lowest BCUT2D eigenvalue weighted by Gasteiger charge is -2.27. The average molecular weight is 198 g/mol. The number of rotatable bonds is 2. The molecule has 0 amide bonds. The van der Waals surface area contributed by atoms with Crippen molar-refractivity contribution in [2.24, 2.45) is 5.92 Å².